The number of ether oxygens (including phenoxy) is 1. The highest BCUT2D eigenvalue weighted by molar-refractivity contribution is 7.89. The fourth-order valence-corrected chi connectivity index (χ4v) is 2.96. The van der Waals surface area contributed by atoms with Gasteiger partial charge in [-0.05, 0) is 25.1 Å². The number of hydrogen-bond acceptors (Lipinski definition) is 6. The van der Waals surface area contributed by atoms with Gasteiger partial charge >= 0.3 is 5.97 Å². The van der Waals surface area contributed by atoms with Crippen molar-refractivity contribution >= 4 is 32.7 Å². The van der Waals surface area contributed by atoms with Gasteiger partial charge in [0, 0.05) is 22.2 Å². The van der Waals surface area contributed by atoms with Crippen molar-refractivity contribution in [3.8, 4) is 0 Å². The van der Waals surface area contributed by atoms with Crippen LogP contribution >= 0.6 is 0 Å². The number of nitrogens with one attached hydrogen (secondary N) is 1. The van der Waals surface area contributed by atoms with E-state index in [4.69, 9.17) is 14.3 Å². The highest BCUT2D eigenvalue weighted by atomic mass is 32.2. The smallest absolute Gasteiger partial charge is 0.374 e. The second-order valence-corrected chi connectivity index (χ2v) is 6.83. The molecule has 2 aromatic heterocycles. The number of primary sulfonamides is 1. The van der Waals surface area contributed by atoms with E-state index in [1.165, 1.54) is 0 Å². The Kier molecular flexibility index (Phi) is 4.19. The summed E-state index contributed by atoms with van der Waals surface area (Å²) in [6.45, 7) is 1.24. The Morgan fingerprint density at radius 2 is 1.92 bits per heavy atom. The van der Waals surface area contributed by atoms with Crippen LogP contribution in [0.15, 0.2) is 45.9 Å². The lowest BCUT2D eigenvalue weighted by atomic mass is 10.1. The molecule has 0 spiro atoms. The van der Waals surface area contributed by atoms with Crippen LogP contribution in [0.4, 0.5) is 0 Å². The molecule has 0 aliphatic heterocycles. The van der Waals surface area contributed by atoms with Gasteiger partial charge in [0.15, 0.2) is 6.61 Å². The lowest BCUT2D eigenvalue weighted by Gasteiger charge is -2.03. The fraction of sp³-hybridized carbons (Fsp3) is 0.125. The monoisotopic (exact) mass is 362 g/mol. The molecule has 1 aromatic carbocycles. The van der Waals surface area contributed by atoms with Gasteiger partial charge in [0.1, 0.15) is 0 Å². The Hall–Kier alpha value is -2.91. The van der Waals surface area contributed by atoms with Gasteiger partial charge < -0.3 is 14.1 Å². The van der Waals surface area contributed by atoms with Crippen molar-refractivity contribution in [3.63, 3.8) is 0 Å². The molecule has 9 heteroatoms. The van der Waals surface area contributed by atoms with Crippen LogP contribution in [0, 0.1) is 6.92 Å². The standard InChI is InChI=1S/C16H14N2O6S/c1-9-15(10-4-2-3-5-11(10)18-9)12(19)8-23-16(20)13-6-7-14(24-13)25(17,21)22/h2-7,18H,8H2,1H3,(H2,17,21,22). The van der Waals surface area contributed by atoms with Crippen LogP contribution in [0.1, 0.15) is 26.6 Å². The van der Waals surface area contributed by atoms with Crippen LogP contribution in [0.5, 0.6) is 0 Å². The average molecular weight is 362 g/mol. The largest absolute Gasteiger partial charge is 0.451 e. The predicted molar refractivity (Wildman–Crippen MR) is 87.7 cm³/mol. The van der Waals surface area contributed by atoms with Gasteiger partial charge in [0.2, 0.25) is 16.6 Å². The minimum Gasteiger partial charge on any atom is -0.451 e. The number of Topliss-reactive ketones (excluding diaryl/α,β-unsaturated/α-hetero) is 1. The Morgan fingerprint density at radius 1 is 1.20 bits per heavy atom. The van der Waals surface area contributed by atoms with Crippen LogP contribution in [0.2, 0.25) is 0 Å². The van der Waals surface area contributed by atoms with Crippen molar-refractivity contribution in [3.05, 3.63) is 53.4 Å². The molecular formula is C16H14N2O6S. The Morgan fingerprint density at radius 3 is 2.60 bits per heavy atom. The molecule has 3 N–H and O–H groups in total. The number of nitrogens with two attached hydrogens (primary N) is 1. The summed E-state index contributed by atoms with van der Waals surface area (Å²) in [6.07, 6.45) is 0. The molecular weight excluding hydrogens is 348 g/mol. The first-order valence-corrected chi connectivity index (χ1v) is 8.72. The predicted octanol–water partition coefficient (Wildman–Crippen LogP) is 1.76. The van der Waals surface area contributed by atoms with E-state index in [1.807, 2.05) is 12.1 Å². The molecule has 0 saturated heterocycles. The van der Waals surface area contributed by atoms with Gasteiger partial charge in [-0.2, -0.15) is 0 Å². The number of H-pyrrole nitrogens is 1. The van der Waals surface area contributed by atoms with Crippen molar-refractivity contribution in [1.82, 2.24) is 4.98 Å². The molecule has 2 heterocycles. The maximum atomic E-state index is 12.4. The van der Waals surface area contributed by atoms with E-state index in [2.05, 4.69) is 4.98 Å². The number of furan rings is 1. The third-order valence-corrected chi connectivity index (χ3v) is 4.35. The van der Waals surface area contributed by atoms with E-state index in [1.54, 1.807) is 19.1 Å². The van der Waals surface area contributed by atoms with Gasteiger partial charge in [-0.15, -0.1) is 0 Å². The minimum atomic E-state index is -4.06. The number of carbonyl (C=O) groups excluding carboxylic acids is 2. The molecule has 0 bridgehead atoms. The first-order chi connectivity index (χ1) is 11.8. The average Bonchev–Trinajstić information content (AvgIpc) is 3.15. The van der Waals surface area contributed by atoms with Gasteiger partial charge in [0.05, 0.1) is 0 Å². The number of ketones is 1. The summed E-state index contributed by atoms with van der Waals surface area (Å²) in [7, 11) is -4.06. The van der Waals surface area contributed by atoms with Crippen molar-refractivity contribution in [2.45, 2.75) is 12.0 Å². The first-order valence-electron chi connectivity index (χ1n) is 7.17. The first kappa shape index (κ1) is 16.9. The zero-order chi connectivity index (χ0) is 18.2. The van der Waals surface area contributed by atoms with E-state index in [0.29, 0.717) is 11.3 Å². The number of para-hydroxylation sites is 1. The van der Waals surface area contributed by atoms with Crippen LogP contribution < -0.4 is 5.14 Å². The van der Waals surface area contributed by atoms with Crippen molar-refractivity contribution < 1.29 is 27.2 Å². The van der Waals surface area contributed by atoms with Crippen LogP contribution in [0.25, 0.3) is 10.9 Å². The summed E-state index contributed by atoms with van der Waals surface area (Å²) in [5.41, 5.74) is 1.91. The Balaban J connectivity index is 1.74. The topological polar surface area (TPSA) is 132 Å². The molecule has 0 unspecified atom stereocenters. The maximum absolute atomic E-state index is 12.4. The molecule has 8 nitrogen and oxygen atoms in total. The van der Waals surface area contributed by atoms with Crippen LogP contribution in [-0.4, -0.2) is 31.8 Å². The Bertz CT molecular complexity index is 1080. The van der Waals surface area contributed by atoms with Gasteiger partial charge in [-0.1, -0.05) is 18.2 Å². The van der Waals surface area contributed by atoms with E-state index >= 15 is 0 Å². The molecule has 0 radical (unpaired) electrons. The minimum absolute atomic E-state index is 0.354. The number of carbonyl (C=O) groups is 2. The molecule has 0 fully saturated rings. The lowest BCUT2D eigenvalue weighted by molar-refractivity contribution is 0.0439. The molecule has 3 aromatic rings. The molecule has 0 saturated carbocycles. The highest BCUT2D eigenvalue weighted by Crippen LogP contribution is 2.22. The SMILES string of the molecule is Cc1[nH]c2ccccc2c1C(=O)COC(=O)c1ccc(S(N)(=O)=O)o1. The van der Waals surface area contributed by atoms with Crippen molar-refractivity contribution in [1.29, 1.82) is 0 Å². The van der Waals surface area contributed by atoms with Gasteiger partial charge in [-0.3, -0.25) is 4.79 Å². The highest BCUT2D eigenvalue weighted by Gasteiger charge is 2.21. The molecule has 0 amide bonds. The summed E-state index contributed by atoms with van der Waals surface area (Å²) in [6, 6.07) is 9.42. The summed E-state index contributed by atoms with van der Waals surface area (Å²) in [5, 5.41) is 5.07. The van der Waals surface area contributed by atoms with Crippen molar-refractivity contribution in [2.75, 3.05) is 6.61 Å². The molecule has 0 aliphatic rings. The lowest BCUT2D eigenvalue weighted by Crippen LogP contribution is -2.15. The third kappa shape index (κ3) is 3.32. The third-order valence-electron chi connectivity index (χ3n) is 3.57. The number of hydrogen-bond donors (Lipinski definition) is 2. The van der Waals surface area contributed by atoms with Crippen molar-refractivity contribution in [2.24, 2.45) is 5.14 Å². The zero-order valence-corrected chi connectivity index (χ0v) is 13.9. The number of rotatable bonds is 5. The number of fused-ring (bicyclic) bond motifs is 1. The van der Waals surface area contributed by atoms with Crippen LogP contribution in [-0.2, 0) is 14.8 Å². The zero-order valence-electron chi connectivity index (χ0n) is 13.1. The number of aryl methyl sites for hydroxylation is 1. The maximum Gasteiger partial charge on any atom is 0.374 e. The molecule has 3 rings (SSSR count). The molecule has 25 heavy (non-hydrogen) atoms. The summed E-state index contributed by atoms with van der Waals surface area (Å²) in [5.74, 6) is -1.70. The second kappa shape index (κ2) is 6.19. The van der Waals surface area contributed by atoms with E-state index in [-0.39, 0.29) is 11.5 Å². The summed E-state index contributed by atoms with van der Waals surface area (Å²) < 4.78 is 32.0. The molecule has 0 aliphatic carbocycles. The number of sulfonamides is 1. The number of aromatic nitrogens is 1. The number of benzene rings is 1. The quantitative estimate of drug-likeness (QED) is 0.525. The fourth-order valence-electron chi connectivity index (χ4n) is 2.49. The van der Waals surface area contributed by atoms with E-state index < -0.39 is 27.7 Å². The normalized spacial score (nSPS) is 11.6. The van der Waals surface area contributed by atoms with E-state index in [0.717, 1.165) is 23.0 Å². The summed E-state index contributed by atoms with van der Waals surface area (Å²) >= 11 is 0. The number of aromatic amines is 1. The Labute approximate surface area is 142 Å². The van der Waals surface area contributed by atoms with E-state index in [9.17, 15) is 18.0 Å². The van der Waals surface area contributed by atoms with Gasteiger partial charge in [-0.25, -0.2) is 18.4 Å². The number of esters is 1. The molecule has 130 valence electrons. The van der Waals surface area contributed by atoms with Crippen LogP contribution in [0.3, 0.4) is 0 Å². The molecule has 0 atom stereocenters. The second-order valence-electron chi connectivity index (χ2n) is 5.33. The van der Waals surface area contributed by atoms with Gasteiger partial charge in [0.25, 0.3) is 10.0 Å². The summed E-state index contributed by atoms with van der Waals surface area (Å²) in [4.78, 5) is 27.4.